The first-order valence-corrected chi connectivity index (χ1v) is 49.2. The summed E-state index contributed by atoms with van der Waals surface area (Å²) in [6.07, 6.45) is 2.45. The van der Waals surface area contributed by atoms with Gasteiger partial charge in [0.2, 0.25) is 54.9 Å². The number of nitrogens with one attached hydrogen (secondary N) is 2. The van der Waals surface area contributed by atoms with E-state index in [0.717, 1.165) is 38.8 Å². The minimum Gasteiger partial charge on any atom is -0.491 e. The van der Waals surface area contributed by atoms with Crippen LogP contribution in [0.4, 0.5) is 26.3 Å². The number of hydrogen-bond acceptors (Lipinski definition) is 22. The largest absolute Gasteiger partial charge is 0.491 e. The van der Waals surface area contributed by atoms with Crippen LogP contribution in [-0.4, -0.2) is 176 Å². The first kappa shape index (κ1) is 101. The van der Waals surface area contributed by atoms with E-state index in [1.807, 2.05) is 127 Å². The summed E-state index contributed by atoms with van der Waals surface area (Å²) in [6, 6.07) is 30.0. The maximum absolute atomic E-state index is 15.1. The van der Waals surface area contributed by atoms with Crippen LogP contribution in [0.1, 0.15) is 213 Å². The van der Waals surface area contributed by atoms with E-state index in [2.05, 4.69) is 19.4 Å². The molecular formula is C100H122F6N8O18S2. The predicted octanol–water partition coefficient (Wildman–Crippen LogP) is 17.6. The van der Waals surface area contributed by atoms with Crippen molar-refractivity contribution in [1.29, 1.82) is 0 Å². The number of alkyl halides is 6. The average Bonchev–Trinajstić information content (AvgIpc) is 1.57. The van der Waals surface area contributed by atoms with Gasteiger partial charge in [-0.25, -0.2) is 26.8 Å². The number of ketones is 2. The number of amides is 4. The number of benzene rings is 2. The van der Waals surface area contributed by atoms with E-state index in [-0.39, 0.29) is 75.7 Å². The van der Waals surface area contributed by atoms with Gasteiger partial charge in [0.1, 0.15) is 35.2 Å². The molecule has 134 heavy (non-hydrogen) atoms. The number of ether oxygens (including phenoxy) is 6. The number of sulfonamides is 2. The lowest BCUT2D eigenvalue weighted by Gasteiger charge is -2.33. The van der Waals surface area contributed by atoms with Crippen molar-refractivity contribution in [3.05, 3.63) is 146 Å². The topological polar surface area (TPSA) is 342 Å². The number of hydrogen-bond donors (Lipinski definition) is 2. The number of fused-ring (bicyclic) bond motifs is 4. The molecule has 14 rings (SSSR count). The standard InChI is InChI=1S/2C50H61F3N4O9S/c2*1-30(2)64-35-17-15-33(16-18-35)40-23-36(24-41(55-40)39-14-10-11-21-54-39)65-37-25-42-43(58)28-49(46(61)56-67(62,63)48(7)19-20-48)27-34(49)13-9-8-12-31(3)22-32(4)38(45(60)57(42)29-37)26-44(59)66-47(5,6)50(51,52)53/h2*9-11,13-18,21,23-24,30-32,34,37-38,42H,8,12,19-20,22,25-29H2,1-7H3,(H,56,61)/b2*13-9-/t31-,32+,34+,37+,38-,42-,49+;31-,32-,34-,37-,38+,42+,49-/m01/s1. The molecule has 26 nitrogen and oxygen atoms in total. The zero-order valence-corrected chi connectivity index (χ0v) is 79.8. The van der Waals surface area contributed by atoms with Gasteiger partial charge >= 0.3 is 24.3 Å². The molecule has 4 amide bonds. The van der Waals surface area contributed by atoms with E-state index >= 15 is 9.59 Å². The average molecular weight is 1900 g/mol. The molecule has 6 aromatic rings. The van der Waals surface area contributed by atoms with Crippen LogP contribution in [0, 0.1) is 58.2 Å². The molecule has 0 radical (unpaired) electrons. The highest BCUT2D eigenvalue weighted by atomic mass is 32.2. The third-order valence-corrected chi connectivity index (χ3v) is 31.9. The predicted molar refractivity (Wildman–Crippen MR) is 487 cm³/mol. The number of carbonyl (C=O) groups is 8. The van der Waals surface area contributed by atoms with Crippen molar-refractivity contribution in [1.82, 2.24) is 39.2 Å². The van der Waals surface area contributed by atoms with Gasteiger partial charge in [-0.1, -0.05) is 64.1 Å². The summed E-state index contributed by atoms with van der Waals surface area (Å²) in [5, 5.41) is 0. The van der Waals surface area contributed by atoms with Gasteiger partial charge in [0.15, 0.2) is 11.6 Å². The van der Waals surface area contributed by atoms with Crippen molar-refractivity contribution in [2.75, 3.05) is 13.1 Å². The van der Waals surface area contributed by atoms with Gasteiger partial charge in [-0.2, -0.15) is 26.3 Å². The Bertz CT molecular complexity index is 5300. The van der Waals surface area contributed by atoms with Crippen LogP contribution in [0.3, 0.4) is 0 Å². The highest BCUT2D eigenvalue weighted by molar-refractivity contribution is 7.92. The molecule has 4 aliphatic heterocycles. The van der Waals surface area contributed by atoms with Crippen molar-refractivity contribution >= 4 is 67.2 Å². The Morgan fingerprint density at radius 2 is 0.836 bits per heavy atom. The minimum absolute atomic E-state index is 0.000359. The molecule has 4 saturated carbocycles. The second kappa shape index (κ2) is 39.6. The number of nitrogens with zero attached hydrogens (tertiary/aromatic N) is 6. The number of rotatable bonds is 24. The highest BCUT2D eigenvalue weighted by Gasteiger charge is 2.65. The molecule has 724 valence electrons. The Hall–Kier alpha value is -10.6. The highest BCUT2D eigenvalue weighted by Crippen LogP contribution is 2.60. The number of aromatic nitrogens is 4. The SMILES string of the molecule is CC(C)Oc1ccc(-c2cc(O[C@@H]3C[C@H]4C(=O)C[C@]5(C(=O)NS(=O)(=O)C6(C)CC6)C[C@H]5/C=C\CC[C@@H](C)C[C@@H](C)[C@H](CC(=O)OC(C)(C)C(F)(F)F)C(=O)N4C3)cc(-c3ccccn3)n2)cc1.CC(C)Oc1ccc(-c2cc(O[C@@H]3C[C@H]4C(=O)C[C@]5(C(=O)NS(=O)(=O)C6(C)CC6)C[C@H]5/C=C\CC[C@H](C)C[C@@H](C)[C@H](CC(=O)OC(C)(C)C(F)(F)F)C(=O)N4C3)cc(-c3ccccn3)n2)cc1. The number of Topliss-reactive ketones (excluding diaryl/α,β-unsaturated/α-hetero) is 2. The minimum atomic E-state index is -4.88. The van der Waals surface area contributed by atoms with Gasteiger partial charge in [-0.15, -0.1) is 0 Å². The molecule has 8 heterocycles. The summed E-state index contributed by atoms with van der Waals surface area (Å²) < 4.78 is 174. The molecule has 8 aliphatic rings. The Morgan fingerprint density at radius 1 is 0.485 bits per heavy atom. The molecule has 0 unspecified atom stereocenters. The van der Waals surface area contributed by atoms with Crippen molar-refractivity contribution < 1.29 is 110 Å². The Balaban J connectivity index is 0.000000227. The fourth-order valence-electron chi connectivity index (χ4n) is 18.4. The Labute approximate surface area is 779 Å². The van der Waals surface area contributed by atoms with Crippen LogP contribution in [-0.2, 0) is 67.9 Å². The molecule has 4 aromatic heterocycles. The van der Waals surface area contributed by atoms with Crippen molar-refractivity contribution in [3.8, 4) is 68.3 Å². The first-order valence-electron chi connectivity index (χ1n) is 46.3. The fourth-order valence-corrected chi connectivity index (χ4v) is 21.0. The lowest BCUT2D eigenvalue weighted by Crippen LogP contribution is -2.48. The van der Waals surface area contributed by atoms with Crippen LogP contribution < -0.4 is 28.4 Å². The van der Waals surface area contributed by atoms with Crippen LogP contribution in [0.5, 0.6) is 23.0 Å². The van der Waals surface area contributed by atoms with E-state index in [1.165, 1.54) is 9.80 Å². The van der Waals surface area contributed by atoms with E-state index in [1.54, 1.807) is 88.6 Å². The number of allylic oxidation sites excluding steroid dienone is 4. The van der Waals surface area contributed by atoms with Gasteiger partial charge in [-0.3, -0.25) is 57.8 Å². The van der Waals surface area contributed by atoms with Gasteiger partial charge < -0.3 is 38.2 Å². The zero-order chi connectivity index (χ0) is 97.4. The van der Waals surface area contributed by atoms with Gasteiger partial charge in [-0.05, 0) is 255 Å². The van der Waals surface area contributed by atoms with Crippen LogP contribution in [0.15, 0.2) is 146 Å². The molecule has 0 spiro atoms. The van der Waals surface area contributed by atoms with E-state index in [0.29, 0.717) is 121 Å². The van der Waals surface area contributed by atoms with Crippen LogP contribution in [0.25, 0.3) is 45.3 Å². The third-order valence-electron chi connectivity index (χ3n) is 27.6. The molecule has 2 aromatic carbocycles. The molecule has 34 heteroatoms. The quantitative estimate of drug-likeness (QED) is 0.0323. The maximum Gasteiger partial charge on any atom is 0.427 e. The number of halogens is 6. The monoisotopic (exact) mass is 1900 g/mol. The van der Waals surface area contributed by atoms with Gasteiger partial charge in [0.25, 0.3) is 0 Å². The van der Waals surface area contributed by atoms with E-state index in [9.17, 15) is 71.9 Å². The first-order chi connectivity index (χ1) is 62.8. The molecular weight excluding hydrogens is 1780 g/mol. The van der Waals surface area contributed by atoms with Crippen molar-refractivity contribution in [3.63, 3.8) is 0 Å². The maximum atomic E-state index is 15.1. The lowest BCUT2D eigenvalue weighted by atomic mass is 9.82. The summed E-state index contributed by atoms with van der Waals surface area (Å²) >= 11 is 0. The van der Waals surface area contributed by atoms with Crippen LogP contribution in [0.2, 0.25) is 0 Å². The van der Waals surface area contributed by atoms with Crippen LogP contribution >= 0.6 is 0 Å². The zero-order valence-electron chi connectivity index (χ0n) is 78.2. The van der Waals surface area contributed by atoms with Gasteiger partial charge in [0.05, 0.1) is 117 Å². The Morgan fingerprint density at radius 3 is 1.16 bits per heavy atom. The smallest absolute Gasteiger partial charge is 0.427 e. The normalized spacial score (nSPS) is 27.2. The summed E-state index contributed by atoms with van der Waals surface area (Å²) in [6.45, 7) is 21.0. The fraction of sp³-hybridized carbons (Fsp3) is 0.560. The molecule has 6 fully saturated rings. The molecule has 2 saturated heterocycles. The molecule has 0 bridgehead atoms. The summed E-state index contributed by atoms with van der Waals surface area (Å²) in [5.41, 5.74) is -3.85. The van der Waals surface area contributed by atoms with E-state index in [4.69, 9.17) is 38.4 Å². The molecule has 4 aliphatic carbocycles. The number of carbonyl (C=O) groups excluding carboxylic acids is 8. The lowest BCUT2D eigenvalue weighted by molar-refractivity contribution is -0.257. The number of esters is 2. The second-order valence-electron chi connectivity index (χ2n) is 40.1. The second-order valence-corrected chi connectivity index (χ2v) is 44.5. The summed E-state index contributed by atoms with van der Waals surface area (Å²) in [4.78, 5) is 137. The van der Waals surface area contributed by atoms with Crippen molar-refractivity contribution in [2.45, 2.75) is 282 Å². The third kappa shape index (κ3) is 23.5. The summed E-state index contributed by atoms with van der Waals surface area (Å²) in [7, 11) is -8.12. The molecule has 2 N–H and O–H groups in total. The number of pyridine rings is 4. The molecule has 14 atom stereocenters. The van der Waals surface area contributed by atoms with E-state index < -0.39 is 184 Å². The van der Waals surface area contributed by atoms with Crippen molar-refractivity contribution in [2.24, 2.45) is 58.2 Å². The van der Waals surface area contributed by atoms with Gasteiger partial charge in [0, 0.05) is 73.5 Å². The summed E-state index contributed by atoms with van der Waals surface area (Å²) in [5.74, 6) is -8.56. The Kier molecular flexibility index (Phi) is 29.8.